The lowest BCUT2D eigenvalue weighted by molar-refractivity contribution is 0.0773. The number of nitrogens with zero attached hydrogens (tertiary/aromatic N) is 1. The standard InChI is InChI=1S/C11H17NO2S/c1-8(13)6-7-12(3)11(14)10-5-4-9(2)15-10/h4-5,8,13H,6-7H2,1-3H3. The Morgan fingerprint density at radius 1 is 1.60 bits per heavy atom. The van der Waals surface area contributed by atoms with Crippen molar-refractivity contribution in [1.82, 2.24) is 4.90 Å². The van der Waals surface area contributed by atoms with E-state index in [0.29, 0.717) is 13.0 Å². The molecule has 84 valence electrons. The quantitative estimate of drug-likeness (QED) is 0.853. The van der Waals surface area contributed by atoms with Crippen LogP contribution in [0.15, 0.2) is 12.1 Å². The van der Waals surface area contributed by atoms with Gasteiger partial charge in [0, 0.05) is 18.5 Å². The van der Waals surface area contributed by atoms with E-state index in [1.165, 1.54) is 11.3 Å². The number of aliphatic hydroxyl groups excluding tert-OH is 1. The van der Waals surface area contributed by atoms with Gasteiger partial charge in [0.25, 0.3) is 5.91 Å². The second kappa shape index (κ2) is 5.28. The minimum atomic E-state index is -0.356. The maximum atomic E-state index is 11.8. The fourth-order valence-electron chi connectivity index (χ4n) is 1.22. The lowest BCUT2D eigenvalue weighted by Crippen LogP contribution is -2.28. The zero-order valence-corrected chi connectivity index (χ0v) is 10.2. The van der Waals surface area contributed by atoms with E-state index in [1.54, 1.807) is 18.9 Å². The van der Waals surface area contributed by atoms with Crippen LogP contribution in [0.4, 0.5) is 0 Å². The van der Waals surface area contributed by atoms with Crippen molar-refractivity contribution >= 4 is 17.2 Å². The van der Waals surface area contributed by atoms with Gasteiger partial charge in [-0.1, -0.05) is 0 Å². The van der Waals surface area contributed by atoms with Crippen LogP contribution in [0.2, 0.25) is 0 Å². The van der Waals surface area contributed by atoms with Crippen molar-refractivity contribution in [3.8, 4) is 0 Å². The molecule has 3 nitrogen and oxygen atoms in total. The summed E-state index contributed by atoms with van der Waals surface area (Å²) in [5.74, 6) is 0.0359. The van der Waals surface area contributed by atoms with Crippen LogP contribution in [0, 0.1) is 6.92 Å². The van der Waals surface area contributed by atoms with Gasteiger partial charge in [-0.15, -0.1) is 11.3 Å². The zero-order chi connectivity index (χ0) is 11.4. The van der Waals surface area contributed by atoms with Crippen LogP contribution in [-0.4, -0.2) is 35.6 Å². The first-order valence-electron chi connectivity index (χ1n) is 5.00. The molecular formula is C11H17NO2S. The molecule has 1 N–H and O–H groups in total. The van der Waals surface area contributed by atoms with Gasteiger partial charge in [0.2, 0.25) is 0 Å². The predicted octanol–water partition coefficient (Wildman–Crippen LogP) is 1.90. The van der Waals surface area contributed by atoms with E-state index in [1.807, 2.05) is 19.1 Å². The fraction of sp³-hybridized carbons (Fsp3) is 0.545. The molecule has 1 amide bonds. The predicted molar refractivity (Wildman–Crippen MR) is 62.3 cm³/mol. The summed E-state index contributed by atoms with van der Waals surface area (Å²) in [5, 5.41) is 9.12. The smallest absolute Gasteiger partial charge is 0.263 e. The molecule has 15 heavy (non-hydrogen) atoms. The number of amides is 1. The van der Waals surface area contributed by atoms with Crippen molar-refractivity contribution in [2.45, 2.75) is 26.4 Å². The molecule has 4 heteroatoms. The van der Waals surface area contributed by atoms with Gasteiger partial charge >= 0.3 is 0 Å². The molecule has 0 radical (unpaired) electrons. The van der Waals surface area contributed by atoms with Crippen LogP contribution in [0.3, 0.4) is 0 Å². The van der Waals surface area contributed by atoms with E-state index in [2.05, 4.69) is 0 Å². The first-order valence-corrected chi connectivity index (χ1v) is 5.82. The van der Waals surface area contributed by atoms with Crippen LogP contribution in [0.5, 0.6) is 0 Å². The Bertz CT molecular complexity index is 333. The third-order valence-electron chi connectivity index (χ3n) is 2.18. The molecule has 0 saturated carbocycles. The normalized spacial score (nSPS) is 12.5. The number of carbonyl (C=O) groups excluding carboxylic acids is 1. The Labute approximate surface area is 94.3 Å². The molecule has 1 aromatic heterocycles. The van der Waals surface area contributed by atoms with E-state index in [4.69, 9.17) is 5.11 Å². The molecule has 1 unspecified atom stereocenters. The molecule has 1 atom stereocenters. The maximum absolute atomic E-state index is 11.8. The van der Waals surface area contributed by atoms with E-state index >= 15 is 0 Å². The van der Waals surface area contributed by atoms with Crippen molar-refractivity contribution in [1.29, 1.82) is 0 Å². The summed E-state index contributed by atoms with van der Waals surface area (Å²) in [7, 11) is 1.76. The largest absolute Gasteiger partial charge is 0.393 e. The summed E-state index contributed by atoms with van der Waals surface area (Å²) in [6.07, 6.45) is 0.261. The molecule has 1 heterocycles. The van der Waals surface area contributed by atoms with Gasteiger partial charge in [-0.25, -0.2) is 0 Å². The topological polar surface area (TPSA) is 40.5 Å². The monoisotopic (exact) mass is 227 g/mol. The Morgan fingerprint density at radius 3 is 2.73 bits per heavy atom. The van der Waals surface area contributed by atoms with Crippen LogP contribution in [0.25, 0.3) is 0 Å². The van der Waals surface area contributed by atoms with E-state index in [-0.39, 0.29) is 12.0 Å². The highest BCUT2D eigenvalue weighted by molar-refractivity contribution is 7.13. The van der Waals surface area contributed by atoms with Gasteiger partial charge in [-0.2, -0.15) is 0 Å². The van der Waals surface area contributed by atoms with Crippen molar-refractivity contribution in [3.05, 3.63) is 21.9 Å². The fourth-order valence-corrected chi connectivity index (χ4v) is 2.08. The third kappa shape index (κ3) is 3.64. The molecule has 0 saturated heterocycles. The number of aliphatic hydroxyl groups is 1. The SMILES string of the molecule is Cc1ccc(C(=O)N(C)CCC(C)O)s1. The van der Waals surface area contributed by atoms with Gasteiger partial charge < -0.3 is 10.0 Å². The molecule has 0 aromatic carbocycles. The summed E-state index contributed by atoms with van der Waals surface area (Å²) in [6, 6.07) is 3.79. The Hall–Kier alpha value is -0.870. The summed E-state index contributed by atoms with van der Waals surface area (Å²) >= 11 is 1.50. The highest BCUT2D eigenvalue weighted by Crippen LogP contribution is 2.16. The molecule has 1 aromatic rings. The first kappa shape index (κ1) is 12.2. The first-order chi connectivity index (χ1) is 7.00. The molecule has 0 aliphatic heterocycles. The van der Waals surface area contributed by atoms with Crippen LogP contribution in [0.1, 0.15) is 27.9 Å². The Balaban J connectivity index is 2.53. The maximum Gasteiger partial charge on any atom is 0.263 e. The number of aryl methyl sites for hydroxylation is 1. The minimum Gasteiger partial charge on any atom is -0.393 e. The summed E-state index contributed by atoms with van der Waals surface area (Å²) < 4.78 is 0. The molecule has 0 aliphatic carbocycles. The highest BCUT2D eigenvalue weighted by atomic mass is 32.1. The highest BCUT2D eigenvalue weighted by Gasteiger charge is 2.13. The van der Waals surface area contributed by atoms with Gasteiger partial charge in [-0.05, 0) is 32.4 Å². The van der Waals surface area contributed by atoms with Crippen LogP contribution < -0.4 is 0 Å². The van der Waals surface area contributed by atoms with Crippen molar-refractivity contribution in [3.63, 3.8) is 0 Å². The molecule has 0 fully saturated rings. The molecule has 1 rings (SSSR count). The van der Waals surface area contributed by atoms with Crippen LogP contribution in [-0.2, 0) is 0 Å². The molecule has 0 bridgehead atoms. The Kier molecular flexibility index (Phi) is 4.29. The number of thiophene rings is 1. The number of hydrogen-bond acceptors (Lipinski definition) is 3. The van der Waals surface area contributed by atoms with E-state index in [0.717, 1.165) is 9.75 Å². The zero-order valence-electron chi connectivity index (χ0n) is 9.36. The number of carbonyl (C=O) groups is 1. The Morgan fingerprint density at radius 2 is 2.27 bits per heavy atom. The second-order valence-corrected chi connectivity index (χ2v) is 5.06. The van der Waals surface area contributed by atoms with Crippen molar-refractivity contribution in [2.24, 2.45) is 0 Å². The van der Waals surface area contributed by atoms with Crippen molar-refractivity contribution < 1.29 is 9.90 Å². The molecule has 0 aliphatic rings. The number of rotatable bonds is 4. The lowest BCUT2D eigenvalue weighted by atomic mass is 10.2. The summed E-state index contributed by atoms with van der Waals surface area (Å²) in [6.45, 7) is 4.30. The average molecular weight is 227 g/mol. The van der Waals surface area contributed by atoms with Gasteiger partial charge in [0.05, 0.1) is 11.0 Å². The van der Waals surface area contributed by atoms with Crippen molar-refractivity contribution in [2.75, 3.05) is 13.6 Å². The van der Waals surface area contributed by atoms with Gasteiger partial charge in [0.15, 0.2) is 0 Å². The van der Waals surface area contributed by atoms with Gasteiger partial charge in [-0.3, -0.25) is 4.79 Å². The minimum absolute atomic E-state index is 0.0359. The number of hydrogen-bond donors (Lipinski definition) is 1. The third-order valence-corrected chi connectivity index (χ3v) is 3.17. The van der Waals surface area contributed by atoms with E-state index in [9.17, 15) is 4.79 Å². The summed E-state index contributed by atoms with van der Waals surface area (Å²) in [5.41, 5.74) is 0. The van der Waals surface area contributed by atoms with Crippen LogP contribution >= 0.6 is 11.3 Å². The second-order valence-electron chi connectivity index (χ2n) is 3.77. The average Bonchev–Trinajstić information content (AvgIpc) is 2.60. The van der Waals surface area contributed by atoms with E-state index < -0.39 is 0 Å². The lowest BCUT2D eigenvalue weighted by Gasteiger charge is -2.16. The molecular weight excluding hydrogens is 210 g/mol. The molecule has 0 spiro atoms. The van der Waals surface area contributed by atoms with Gasteiger partial charge in [0.1, 0.15) is 0 Å². The summed E-state index contributed by atoms with van der Waals surface area (Å²) in [4.78, 5) is 15.4.